The van der Waals surface area contributed by atoms with Crippen LogP contribution in [0.25, 0.3) is 0 Å². The first kappa shape index (κ1) is 13.0. The van der Waals surface area contributed by atoms with Gasteiger partial charge in [-0.25, -0.2) is 5.48 Å². The van der Waals surface area contributed by atoms with E-state index < -0.39 is 5.38 Å². The summed E-state index contributed by atoms with van der Waals surface area (Å²) >= 11 is 5.95. The van der Waals surface area contributed by atoms with Crippen LogP contribution in [0.1, 0.15) is 10.9 Å². The molecule has 0 saturated carbocycles. The van der Waals surface area contributed by atoms with Crippen molar-refractivity contribution in [1.29, 1.82) is 0 Å². The molecule has 0 bridgehead atoms. The van der Waals surface area contributed by atoms with Crippen LogP contribution >= 0.6 is 11.6 Å². The number of benzene rings is 1. The largest absolute Gasteiger partial charge is 0.382 e. The number of ether oxygens (including phenoxy) is 1. The molecule has 0 aliphatic heterocycles. The van der Waals surface area contributed by atoms with Crippen LogP contribution in [0.2, 0.25) is 0 Å². The van der Waals surface area contributed by atoms with Crippen molar-refractivity contribution in [2.24, 2.45) is 0 Å². The summed E-state index contributed by atoms with van der Waals surface area (Å²) in [5, 5.41) is -0.747. The highest BCUT2D eigenvalue weighted by Gasteiger charge is 2.16. The molecule has 0 aliphatic rings. The molecule has 1 atom stereocenters. The molecular formula is C11H14ClNO3. The maximum absolute atomic E-state index is 11.5. The van der Waals surface area contributed by atoms with Crippen LogP contribution in [-0.2, 0) is 14.4 Å². The van der Waals surface area contributed by atoms with E-state index in [1.807, 2.05) is 18.2 Å². The van der Waals surface area contributed by atoms with Crippen molar-refractivity contribution in [3.63, 3.8) is 0 Å². The Bertz CT molecular complexity index is 318. The van der Waals surface area contributed by atoms with E-state index in [2.05, 4.69) is 5.48 Å². The standard InChI is InChI=1S/C11H14ClNO3/c1-15-7-8-16-13-11(14)10(12)9-5-3-2-4-6-9/h2-6,10H,7-8H2,1H3,(H,13,14). The molecule has 1 N–H and O–H groups in total. The lowest BCUT2D eigenvalue weighted by Crippen LogP contribution is -2.28. The van der Waals surface area contributed by atoms with E-state index in [0.29, 0.717) is 13.2 Å². The van der Waals surface area contributed by atoms with E-state index in [4.69, 9.17) is 21.2 Å². The average Bonchev–Trinajstić information content (AvgIpc) is 2.34. The number of carbonyl (C=O) groups excluding carboxylic acids is 1. The van der Waals surface area contributed by atoms with Gasteiger partial charge >= 0.3 is 0 Å². The summed E-state index contributed by atoms with van der Waals surface area (Å²) in [6.45, 7) is 0.708. The second-order valence-electron chi connectivity index (χ2n) is 3.08. The number of carbonyl (C=O) groups is 1. The van der Waals surface area contributed by atoms with E-state index in [-0.39, 0.29) is 5.91 Å². The molecule has 1 aromatic rings. The Hall–Kier alpha value is -1.10. The summed E-state index contributed by atoms with van der Waals surface area (Å²) in [6, 6.07) is 9.08. The Kier molecular flexibility index (Phi) is 5.85. The van der Waals surface area contributed by atoms with Gasteiger partial charge in [0.15, 0.2) is 0 Å². The first-order valence-electron chi connectivity index (χ1n) is 4.85. The third-order valence-electron chi connectivity index (χ3n) is 1.88. The minimum atomic E-state index is -0.747. The lowest BCUT2D eigenvalue weighted by atomic mass is 10.1. The lowest BCUT2D eigenvalue weighted by Gasteiger charge is -2.10. The third-order valence-corrected chi connectivity index (χ3v) is 2.33. The molecule has 1 rings (SSSR count). The van der Waals surface area contributed by atoms with E-state index in [9.17, 15) is 4.79 Å². The highest BCUT2D eigenvalue weighted by atomic mass is 35.5. The number of hydrogen-bond donors (Lipinski definition) is 1. The van der Waals surface area contributed by atoms with Crippen molar-refractivity contribution in [3.8, 4) is 0 Å². The maximum Gasteiger partial charge on any atom is 0.266 e. The molecule has 0 aliphatic carbocycles. The number of amides is 1. The zero-order valence-corrected chi connectivity index (χ0v) is 9.74. The van der Waals surface area contributed by atoms with Gasteiger partial charge in [-0.1, -0.05) is 30.3 Å². The van der Waals surface area contributed by atoms with Gasteiger partial charge in [-0.15, -0.1) is 11.6 Å². The second-order valence-corrected chi connectivity index (χ2v) is 3.52. The number of rotatable bonds is 6. The van der Waals surface area contributed by atoms with Gasteiger partial charge in [0.25, 0.3) is 5.91 Å². The Morgan fingerprint density at radius 3 is 2.69 bits per heavy atom. The number of alkyl halides is 1. The summed E-state index contributed by atoms with van der Waals surface area (Å²) in [4.78, 5) is 16.4. The predicted octanol–water partition coefficient (Wildman–Crippen LogP) is 1.66. The van der Waals surface area contributed by atoms with Crippen LogP contribution in [0.3, 0.4) is 0 Å². The highest BCUT2D eigenvalue weighted by molar-refractivity contribution is 6.30. The molecule has 0 aromatic heterocycles. The molecule has 88 valence electrons. The number of nitrogens with one attached hydrogen (secondary N) is 1. The monoisotopic (exact) mass is 243 g/mol. The topological polar surface area (TPSA) is 47.6 Å². The fourth-order valence-corrected chi connectivity index (χ4v) is 1.26. The molecule has 0 saturated heterocycles. The van der Waals surface area contributed by atoms with Crippen LogP contribution in [0.4, 0.5) is 0 Å². The van der Waals surface area contributed by atoms with Gasteiger partial charge in [0.05, 0.1) is 13.2 Å². The van der Waals surface area contributed by atoms with E-state index in [0.717, 1.165) is 5.56 Å². The summed E-state index contributed by atoms with van der Waals surface area (Å²) in [5.41, 5.74) is 3.00. The molecule has 1 unspecified atom stereocenters. The maximum atomic E-state index is 11.5. The first-order valence-corrected chi connectivity index (χ1v) is 5.29. The molecule has 0 radical (unpaired) electrons. The molecule has 1 aromatic carbocycles. The van der Waals surface area contributed by atoms with Gasteiger partial charge in [0, 0.05) is 7.11 Å². The fraction of sp³-hybridized carbons (Fsp3) is 0.364. The Morgan fingerprint density at radius 2 is 2.06 bits per heavy atom. The van der Waals surface area contributed by atoms with Crippen molar-refractivity contribution in [2.75, 3.05) is 20.3 Å². The number of methoxy groups -OCH3 is 1. The van der Waals surface area contributed by atoms with E-state index in [1.165, 1.54) is 0 Å². The summed E-state index contributed by atoms with van der Waals surface area (Å²) in [6.07, 6.45) is 0. The highest BCUT2D eigenvalue weighted by Crippen LogP contribution is 2.19. The Morgan fingerprint density at radius 1 is 1.38 bits per heavy atom. The van der Waals surface area contributed by atoms with E-state index in [1.54, 1.807) is 19.2 Å². The van der Waals surface area contributed by atoms with Crippen molar-refractivity contribution >= 4 is 17.5 Å². The van der Waals surface area contributed by atoms with Crippen molar-refractivity contribution in [3.05, 3.63) is 35.9 Å². The quantitative estimate of drug-likeness (QED) is 0.470. The first-order chi connectivity index (χ1) is 7.75. The molecule has 16 heavy (non-hydrogen) atoms. The van der Waals surface area contributed by atoms with Crippen LogP contribution in [0, 0.1) is 0 Å². The normalized spacial score (nSPS) is 12.1. The number of hydrogen-bond acceptors (Lipinski definition) is 3. The molecule has 1 amide bonds. The van der Waals surface area contributed by atoms with Crippen LogP contribution in [0.5, 0.6) is 0 Å². The van der Waals surface area contributed by atoms with Gasteiger partial charge in [0.2, 0.25) is 0 Å². The van der Waals surface area contributed by atoms with Crippen molar-refractivity contribution in [1.82, 2.24) is 5.48 Å². The average molecular weight is 244 g/mol. The zero-order chi connectivity index (χ0) is 11.8. The zero-order valence-electron chi connectivity index (χ0n) is 8.98. The SMILES string of the molecule is COCCONC(=O)C(Cl)c1ccccc1. The summed E-state index contributed by atoms with van der Waals surface area (Å²) in [7, 11) is 1.56. The minimum absolute atomic E-state index is 0.292. The van der Waals surface area contributed by atoms with Gasteiger partial charge in [-0.05, 0) is 5.56 Å². The van der Waals surface area contributed by atoms with Crippen LogP contribution in [0.15, 0.2) is 30.3 Å². The van der Waals surface area contributed by atoms with Gasteiger partial charge in [-0.3, -0.25) is 9.63 Å². The minimum Gasteiger partial charge on any atom is -0.382 e. The fourth-order valence-electron chi connectivity index (χ4n) is 1.07. The Labute approximate surface area is 99.5 Å². The van der Waals surface area contributed by atoms with Gasteiger partial charge in [0.1, 0.15) is 5.38 Å². The molecule has 0 fully saturated rings. The van der Waals surface area contributed by atoms with E-state index >= 15 is 0 Å². The molecule has 0 heterocycles. The smallest absolute Gasteiger partial charge is 0.266 e. The van der Waals surface area contributed by atoms with Crippen LogP contribution < -0.4 is 5.48 Å². The van der Waals surface area contributed by atoms with Gasteiger partial charge in [-0.2, -0.15) is 0 Å². The predicted molar refractivity (Wildman–Crippen MR) is 61.0 cm³/mol. The third kappa shape index (κ3) is 4.18. The summed E-state index contributed by atoms with van der Waals surface area (Å²) < 4.78 is 4.76. The molecular weight excluding hydrogens is 230 g/mol. The molecule has 4 nitrogen and oxygen atoms in total. The Balaban J connectivity index is 2.37. The number of hydroxylamine groups is 1. The number of halogens is 1. The van der Waals surface area contributed by atoms with Crippen molar-refractivity contribution in [2.45, 2.75) is 5.38 Å². The molecule has 0 spiro atoms. The summed E-state index contributed by atoms with van der Waals surface area (Å²) in [5.74, 6) is -0.385. The van der Waals surface area contributed by atoms with Crippen LogP contribution in [-0.4, -0.2) is 26.2 Å². The van der Waals surface area contributed by atoms with Crippen molar-refractivity contribution < 1.29 is 14.4 Å². The lowest BCUT2D eigenvalue weighted by molar-refractivity contribution is -0.134. The second kappa shape index (κ2) is 7.22. The molecule has 5 heteroatoms. The van der Waals surface area contributed by atoms with Gasteiger partial charge < -0.3 is 4.74 Å².